The van der Waals surface area contributed by atoms with Gasteiger partial charge in [-0.3, -0.25) is 0 Å². The molecule has 0 N–H and O–H groups in total. The molecule has 0 aromatic heterocycles. The van der Waals surface area contributed by atoms with E-state index in [-0.39, 0.29) is 5.41 Å². The van der Waals surface area contributed by atoms with E-state index in [2.05, 4.69) is 61.0 Å². The van der Waals surface area contributed by atoms with Crippen molar-refractivity contribution in [2.75, 3.05) is 13.2 Å². The fraction of sp³-hybridized carbons (Fsp3) is 0.556. The third-order valence-corrected chi connectivity index (χ3v) is 5.70. The van der Waals surface area contributed by atoms with E-state index >= 15 is 0 Å². The van der Waals surface area contributed by atoms with Crippen LogP contribution in [0.1, 0.15) is 38.7 Å². The standard InChI is InChI=1S/C18H26NO2P/c1-18(2)14-20-22(21-15-18)19(17-11-7-4-8-12-17)13-16-9-5-3-6-10-16/h3,5-7,9-11,17H,4,8,12-15H2,1-2H3. The Hall–Kier alpha value is -0.730. The Bertz CT molecular complexity index is 493. The number of hydrogen-bond acceptors (Lipinski definition) is 3. The highest BCUT2D eigenvalue weighted by Crippen LogP contribution is 2.51. The van der Waals surface area contributed by atoms with Crippen LogP contribution in [0.2, 0.25) is 0 Å². The molecule has 1 aliphatic carbocycles. The van der Waals surface area contributed by atoms with Gasteiger partial charge in [0.1, 0.15) is 0 Å². The summed E-state index contributed by atoms with van der Waals surface area (Å²) in [6.45, 7) is 6.84. The van der Waals surface area contributed by atoms with Gasteiger partial charge in [0, 0.05) is 18.0 Å². The van der Waals surface area contributed by atoms with Crippen LogP contribution < -0.4 is 0 Å². The van der Waals surface area contributed by atoms with Gasteiger partial charge < -0.3 is 9.05 Å². The minimum absolute atomic E-state index is 0.125. The Morgan fingerprint density at radius 2 is 1.91 bits per heavy atom. The van der Waals surface area contributed by atoms with Crippen LogP contribution in [0.5, 0.6) is 0 Å². The molecule has 0 spiro atoms. The highest BCUT2D eigenvalue weighted by Gasteiger charge is 2.35. The van der Waals surface area contributed by atoms with Crippen LogP contribution in [-0.4, -0.2) is 23.9 Å². The maximum absolute atomic E-state index is 6.12. The summed E-state index contributed by atoms with van der Waals surface area (Å²) in [5.41, 5.74) is 1.45. The van der Waals surface area contributed by atoms with Crippen molar-refractivity contribution in [1.82, 2.24) is 4.67 Å². The average molecular weight is 319 g/mol. The fourth-order valence-electron chi connectivity index (χ4n) is 2.80. The normalized spacial score (nSPS) is 25.5. The minimum Gasteiger partial charge on any atom is -0.321 e. The van der Waals surface area contributed by atoms with E-state index < -0.39 is 8.53 Å². The number of rotatable bonds is 4. The first-order valence-electron chi connectivity index (χ1n) is 8.17. The molecule has 22 heavy (non-hydrogen) atoms. The molecule has 1 aromatic rings. The Kier molecular flexibility index (Phi) is 5.30. The van der Waals surface area contributed by atoms with Gasteiger partial charge in [-0.2, -0.15) is 0 Å². The summed E-state index contributed by atoms with van der Waals surface area (Å²) in [7, 11) is -0.958. The van der Waals surface area contributed by atoms with Crippen LogP contribution in [-0.2, 0) is 15.6 Å². The number of hydrogen-bond donors (Lipinski definition) is 0. The molecule has 2 aliphatic rings. The monoisotopic (exact) mass is 319 g/mol. The van der Waals surface area contributed by atoms with Crippen molar-refractivity contribution in [1.29, 1.82) is 0 Å². The summed E-state index contributed by atoms with van der Waals surface area (Å²) in [4.78, 5) is 0. The van der Waals surface area contributed by atoms with Crippen molar-refractivity contribution in [2.45, 2.75) is 45.7 Å². The van der Waals surface area contributed by atoms with E-state index in [1.165, 1.54) is 24.8 Å². The first-order valence-corrected chi connectivity index (χ1v) is 9.30. The van der Waals surface area contributed by atoms with Gasteiger partial charge >= 0.3 is 0 Å². The first kappa shape index (κ1) is 16.1. The maximum atomic E-state index is 6.12. The van der Waals surface area contributed by atoms with Gasteiger partial charge in [0.2, 0.25) is 0 Å². The zero-order valence-electron chi connectivity index (χ0n) is 13.6. The molecule has 1 heterocycles. The molecule has 0 amide bonds. The van der Waals surface area contributed by atoms with Crippen molar-refractivity contribution >= 4 is 8.53 Å². The van der Waals surface area contributed by atoms with E-state index in [0.29, 0.717) is 6.04 Å². The van der Waals surface area contributed by atoms with Crippen molar-refractivity contribution in [3.63, 3.8) is 0 Å². The average Bonchev–Trinajstić information content (AvgIpc) is 2.55. The van der Waals surface area contributed by atoms with Crippen molar-refractivity contribution in [3.05, 3.63) is 48.0 Å². The molecule has 1 unspecified atom stereocenters. The highest BCUT2D eigenvalue weighted by atomic mass is 31.2. The molecule has 1 aliphatic heterocycles. The molecule has 0 saturated carbocycles. The topological polar surface area (TPSA) is 21.7 Å². The smallest absolute Gasteiger partial charge is 0.259 e. The lowest BCUT2D eigenvalue weighted by molar-refractivity contribution is 0.0402. The van der Waals surface area contributed by atoms with Crippen molar-refractivity contribution < 1.29 is 9.05 Å². The lowest BCUT2D eigenvalue weighted by atomic mass is 9.97. The summed E-state index contributed by atoms with van der Waals surface area (Å²) < 4.78 is 14.7. The minimum atomic E-state index is -0.958. The molecular weight excluding hydrogens is 293 g/mol. The third-order valence-electron chi connectivity index (χ3n) is 4.14. The highest BCUT2D eigenvalue weighted by molar-refractivity contribution is 7.44. The molecule has 1 atom stereocenters. The number of allylic oxidation sites excluding steroid dienone is 1. The van der Waals surface area contributed by atoms with Crippen LogP contribution in [0.3, 0.4) is 0 Å². The molecule has 0 radical (unpaired) electrons. The zero-order valence-corrected chi connectivity index (χ0v) is 14.5. The maximum Gasteiger partial charge on any atom is 0.259 e. The SMILES string of the molecule is CC1(C)COP(N(Cc2ccccc2)C2C=CCCC2)OC1. The Labute approximate surface area is 135 Å². The summed E-state index contributed by atoms with van der Waals surface area (Å²) in [6.07, 6.45) is 8.28. The van der Waals surface area contributed by atoms with Gasteiger partial charge in [-0.05, 0) is 24.8 Å². The van der Waals surface area contributed by atoms with Gasteiger partial charge in [0.05, 0.1) is 13.2 Å². The largest absolute Gasteiger partial charge is 0.321 e. The van der Waals surface area contributed by atoms with E-state index in [0.717, 1.165) is 19.8 Å². The predicted molar refractivity (Wildman–Crippen MR) is 91.4 cm³/mol. The third kappa shape index (κ3) is 4.17. The molecule has 0 bridgehead atoms. The second kappa shape index (κ2) is 7.23. The summed E-state index contributed by atoms with van der Waals surface area (Å²) in [5.74, 6) is 0. The van der Waals surface area contributed by atoms with Crippen molar-refractivity contribution in [2.24, 2.45) is 5.41 Å². The molecule has 1 fully saturated rings. The summed E-state index contributed by atoms with van der Waals surface area (Å²) >= 11 is 0. The van der Waals surface area contributed by atoms with Crippen LogP contribution in [0.25, 0.3) is 0 Å². The second-order valence-corrected chi connectivity index (χ2v) is 8.46. The Balaban J connectivity index is 1.74. The molecule has 1 aromatic carbocycles. The second-order valence-electron chi connectivity index (χ2n) is 6.96. The van der Waals surface area contributed by atoms with Crippen LogP contribution in [0.15, 0.2) is 42.5 Å². The van der Waals surface area contributed by atoms with E-state index in [1.807, 2.05) is 0 Å². The molecule has 4 heteroatoms. The molecule has 120 valence electrons. The fourth-order valence-corrected chi connectivity index (χ4v) is 4.80. The van der Waals surface area contributed by atoms with Gasteiger partial charge in [0.15, 0.2) is 0 Å². The van der Waals surface area contributed by atoms with Gasteiger partial charge in [-0.1, -0.05) is 56.3 Å². The summed E-state index contributed by atoms with van der Waals surface area (Å²) in [6, 6.07) is 11.1. The quantitative estimate of drug-likeness (QED) is 0.582. The first-order chi connectivity index (χ1) is 10.6. The van der Waals surface area contributed by atoms with Gasteiger partial charge in [-0.15, -0.1) is 0 Å². The lowest BCUT2D eigenvalue weighted by Crippen LogP contribution is -2.37. The lowest BCUT2D eigenvalue weighted by Gasteiger charge is -2.41. The number of benzene rings is 1. The van der Waals surface area contributed by atoms with Crippen LogP contribution >= 0.6 is 8.53 Å². The van der Waals surface area contributed by atoms with Gasteiger partial charge in [-0.25, -0.2) is 4.67 Å². The Morgan fingerprint density at radius 1 is 1.18 bits per heavy atom. The van der Waals surface area contributed by atoms with Crippen molar-refractivity contribution in [3.8, 4) is 0 Å². The summed E-state index contributed by atoms with van der Waals surface area (Å²) in [5, 5.41) is 0. The molecule has 1 saturated heterocycles. The number of nitrogens with zero attached hydrogens (tertiary/aromatic N) is 1. The molecular formula is C18H26NO2P. The molecule has 3 nitrogen and oxygen atoms in total. The van der Waals surface area contributed by atoms with Gasteiger partial charge in [0.25, 0.3) is 8.53 Å². The van der Waals surface area contributed by atoms with E-state index in [1.54, 1.807) is 0 Å². The molecule has 3 rings (SSSR count). The van der Waals surface area contributed by atoms with E-state index in [9.17, 15) is 0 Å². The zero-order chi connectivity index (χ0) is 15.4. The predicted octanol–water partition coefficient (Wildman–Crippen LogP) is 4.90. The van der Waals surface area contributed by atoms with Crippen LogP contribution in [0.4, 0.5) is 0 Å². The van der Waals surface area contributed by atoms with Crippen LogP contribution in [0, 0.1) is 5.41 Å². The van der Waals surface area contributed by atoms with E-state index in [4.69, 9.17) is 9.05 Å². The Morgan fingerprint density at radius 3 is 2.55 bits per heavy atom.